The molecule has 0 fully saturated rings. The summed E-state index contributed by atoms with van der Waals surface area (Å²) in [5.74, 6) is -0.417. The summed E-state index contributed by atoms with van der Waals surface area (Å²) in [5, 5.41) is 7.17. The Bertz CT molecular complexity index is 1280. The minimum absolute atomic E-state index is 0.0363. The number of benzene rings is 2. The fourth-order valence-corrected chi connectivity index (χ4v) is 4.24. The van der Waals surface area contributed by atoms with E-state index in [1.807, 2.05) is 20.8 Å². The molecule has 3 N–H and O–H groups in total. The van der Waals surface area contributed by atoms with Crippen LogP contribution < -0.4 is 21.5 Å². The lowest BCUT2D eigenvalue weighted by Gasteiger charge is -2.18. The third-order valence-electron chi connectivity index (χ3n) is 6.02. The van der Waals surface area contributed by atoms with Gasteiger partial charge in [-0.25, -0.2) is 9.18 Å². The number of aromatic nitrogens is 3. The van der Waals surface area contributed by atoms with Crippen molar-refractivity contribution in [2.75, 3.05) is 11.1 Å². The van der Waals surface area contributed by atoms with Gasteiger partial charge in [-0.05, 0) is 62.9 Å². The maximum Gasteiger partial charge on any atom is 0.350 e. The molecule has 1 aliphatic heterocycles. The summed E-state index contributed by atoms with van der Waals surface area (Å²) in [4.78, 5) is 26.1. The summed E-state index contributed by atoms with van der Waals surface area (Å²) in [6.07, 6.45) is 3.92. The fourth-order valence-electron chi connectivity index (χ4n) is 4.24. The number of hydrogen-bond donors (Lipinski definition) is 2. The summed E-state index contributed by atoms with van der Waals surface area (Å²) in [5.41, 5.74) is 7.33. The van der Waals surface area contributed by atoms with Crippen molar-refractivity contribution in [2.24, 2.45) is 0 Å². The number of halogens is 1. The topological polar surface area (TPSA) is 104 Å². The Balaban J connectivity index is 1.76. The van der Waals surface area contributed by atoms with Gasteiger partial charge in [-0.1, -0.05) is 13.3 Å². The van der Waals surface area contributed by atoms with E-state index in [1.54, 1.807) is 22.8 Å². The van der Waals surface area contributed by atoms with Crippen molar-refractivity contribution >= 4 is 17.3 Å². The molecule has 34 heavy (non-hydrogen) atoms. The highest BCUT2D eigenvalue weighted by atomic mass is 19.1. The first kappa shape index (κ1) is 23.5. The smallest absolute Gasteiger partial charge is 0.350 e. The number of nitrogens with one attached hydrogen (secondary N) is 1. The molecule has 1 atom stereocenters. The van der Waals surface area contributed by atoms with Gasteiger partial charge in [-0.3, -0.25) is 9.36 Å². The zero-order valence-corrected chi connectivity index (χ0v) is 19.7. The van der Waals surface area contributed by atoms with E-state index >= 15 is 4.39 Å². The number of carbonyl (C=O) groups is 1. The molecule has 180 valence electrons. The highest BCUT2D eigenvalue weighted by Gasteiger charge is 2.24. The first-order valence-electron chi connectivity index (χ1n) is 11.6. The second kappa shape index (κ2) is 9.70. The number of carbonyl (C=O) groups excluding carboxylic acids is 1. The van der Waals surface area contributed by atoms with Gasteiger partial charge >= 0.3 is 5.69 Å². The second-order valence-electron chi connectivity index (χ2n) is 8.76. The molecule has 4 rings (SSSR count). The molecule has 0 saturated heterocycles. The van der Waals surface area contributed by atoms with Crippen LogP contribution in [0.2, 0.25) is 0 Å². The van der Waals surface area contributed by atoms with Crippen LogP contribution in [0.4, 0.5) is 15.8 Å². The molecule has 0 radical (unpaired) electrons. The minimum atomic E-state index is -0.729. The molecule has 1 unspecified atom stereocenters. The van der Waals surface area contributed by atoms with E-state index in [4.69, 9.17) is 10.5 Å². The van der Waals surface area contributed by atoms with E-state index < -0.39 is 17.4 Å². The van der Waals surface area contributed by atoms with Crippen molar-refractivity contribution in [2.45, 2.75) is 65.5 Å². The predicted octanol–water partition coefficient (Wildman–Crippen LogP) is 4.22. The van der Waals surface area contributed by atoms with Gasteiger partial charge in [0.25, 0.3) is 5.91 Å². The number of anilines is 2. The Morgan fingerprint density at radius 1 is 1.29 bits per heavy atom. The standard InChI is InChI=1S/C25H30FN5O3/c1-4-7-16(3)34-22-14-21(31-25(33)30-11-6-5-8-23(30)29-31)19(26)13-18(22)24(32)28-20-10-9-17(27)12-15(20)2/h9-10,12-14,16H,4-8,11,27H2,1-3H3,(H,28,32). The van der Waals surface area contributed by atoms with Crippen molar-refractivity contribution in [3.63, 3.8) is 0 Å². The minimum Gasteiger partial charge on any atom is -0.490 e. The van der Waals surface area contributed by atoms with Gasteiger partial charge in [0.2, 0.25) is 0 Å². The van der Waals surface area contributed by atoms with E-state index in [0.717, 1.165) is 42.0 Å². The van der Waals surface area contributed by atoms with Crippen molar-refractivity contribution in [1.82, 2.24) is 14.3 Å². The molecule has 0 bridgehead atoms. The number of nitrogens with two attached hydrogens (primary N) is 1. The van der Waals surface area contributed by atoms with E-state index in [-0.39, 0.29) is 23.1 Å². The molecule has 0 spiro atoms. The monoisotopic (exact) mass is 467 g/mol. The molecule has 2 aromatic carbocycles. The predicted molar refractivity (Wildman–Crippen MR) is 129 cm³/mol. The average molecular weight is 468 g/mol. The van der Waals surface area contributed by atoms with Crippen LogP contribution in [-0.2, 0) is 13.0 Å². The van der Waals surface area contributed by atoms with E-state index in [9.17, 15) is 9.59 Å². The third-order valence-corrected chi connectivity index (χ3v) is 6.02. The van der Waals surface area contributed by atoms with Gasteiger partial charge in [-0.15, -0.1) is 5.10 Å². The van der Waals surface area contributed by atoms with E-state index in [1.165, 1.54) is 6.07 Å². The molecule has 9 heteroatoms. The first-order chi connectivity index (χ1) is 16.3. The zero-order chi connectivity index (χ0) is 24.4. The van der Waals surface area contributed by atoms with Crippen LogP contribution in [0, 0.1) is 12.7 Å². The average Bonchev–Trinajstić information content (AvgIpc) is 3.13. The normalized spacial score (nSPS) is 13.9. The van der Waals surface area contributed by atoms with Gasteiger partial charge in [0, 0.05) is 30.4 Å². The maximum atomic E-state index is 15.3. The zero-order valence-electron chi connectivity index (χ0n) is 19.7. The third kappa shape index (κ3) is 4.69. The highest BCUT2D eigenvalue weighted by molar-refractivity contribution is 6.06. The van der Waals surface area contributed by atoms with Gasteiger partial charge < -0.3 is 15.8 Å². The van der Waals surface area contributed by atoms with E-state index in [0.29, 0.717) is 30.2 Å². The van der Waals surface area contributed by atoms with Crippen molar-refractivity contribution in [1.29, 1.82) is 0 Å². The Kier molecular flexibility index (Phi) is 6.72. The summed E-state index contributed by atoms with van der Waals surface area (Å²) in [6, 6.07) is 7.62. The number of ether oxygens (including phenoxy) is 1. The van der Waals surface area contributed by atoms with Crippen LogP contribution in [-0.4, -0.2) is 26.4 Å². The molecule has 1 aliphatic rings. The van der Waals surface area contributed by atoms with Crippen molar-refractivity contribution in [3.8, 4) is 11.4 Å². The number of nitrogen functional groups attached to an aromatic ring is 1. The Labute approximate surface area is 197 Å². The molecule has 0 saturated carbocycles. The molecule has 1 amide bonds. The molecule has 8 nitrogen and oxygen atoms in total. The lowest BCUT2D eigenvalue weighted by molar-refractivity contribution is 0.101. The summed E-state index contributed by atoms with van der Waals surface area (Å²) >= 11 is 0. The second-order valence-corrected chi connectivity index (χ2v) is 8.76. The molecule has 1 aromatic heterocycles. The fraction of sp³-hybridized carbons (Fsp3) is 0.400. The molecule has 2 heterocycles. The van der Waals surface area contributed by atoms with Crippen LogP contribution in [0.5, 0.6) is 5.75 Å². The van der Waals surface area contributed by atoms with Crippen LogP contribution >= 0.6 is 0 Å². The number of amides is 1. The number of fused-ring (bicyclic) bond motifs is 1. The summed E-state index contributed by atoms with van der Waals surface area (Å²) in [7, 11) is 0. The number of rotatable bonds is 7. The van der Waals surface area contributed by atoms with E-state index in [2.05, 4.69) is 10.4 Å². The van der Waals surface area contributed by atoms with Gasteiger partial charge in [-0.2, -0.15) is 4.68 Å². The Morgan fingerprint density at radius 2 is 2.09 bits per heavy atom. The number of hydrogen-bond acceptors (Lipinski definition) is 5. The maximum absolute atomic E-state index is 15.3. The number of aryl methyl sites for hydroxylation is 2. The quantitative estimate of drug-likeness (QED) is 0.507. The summed E-state index contributed by atoms with van der Waals surface area (Å²) < 4.78 is 24.0. The Morgan fingerprint density at radius 3 is 2.79 bits per heavy atom. The molecular weight excluding hydrogens is 437 g/mol. The molecular formula is C25H30FN5O3. The van der Waals surface area contributed by atoms with Crippen molar-refractivity contribution in [3.05, 3.63) is 63.6 Å². The first-order valence-corrected chi connectivity index (χ1v) is 11.6. The van der Waals surface area contributed by atoms with Crippen LogP contribution in [0.25, 0.3) is 5.69 Å². The molecule has 3 aromatic rings. The van der Waals surface area contributed by atoms with Gasteiger partial charge in [0.1, 0.15) is 23.1 Å². The SMILES string of the molecule is CCCC(C)Oc1cc(-n2nc3n(c2=O)CCCC3)c(F)cc1C(=O)Nc1ccc(N)cc1C. The van der Waals surface area contributed by atoms with Crippen LogP contribution in [0.1, 0.15) is 61.3 Å². The highest BCUT2D eigenvalue weighted by Crippen LogP contribution is 2.29. The summed E-state index contributed by atoms with van der Waals surface area (Å²) in [6.45, 7) is 6.31. The van der Waals surface area contributed by atoms with Gasteiger partial charge in [0.15, 0.2) is 0 Å². The number of nitrogens with zero attached hydrogens (tertiary/aromatic N) is 3. The Hall–Kier alpha value is -3.62. The lowest BCUT2D eigenvalue weighted by Crippen LogP contribution is -2.27. The van der Waals surface area contributed by atoms with Crippen LogP contribution in [0.3, 0.4) is 0 Å². The lowest BCUT2D eigenvalue weighted by atomic mass is 10.1. The van der Waals surface area contributed by atoms with Gasteiger partial charge in [0.05, 0.1) is 11.7 Å². The largest absolute Gasteiger partial charge is 0.490 e. The molecule has 0 aliphatic carbocycles. The van der Waals surface area contributed by atoms with Crippen LogP contribution in [0.15, 0.2) is 35.1 Å². The van der Waals surface area contributed by atoms with Crippen molar-refractivity contribution < 1.29 is 13.9 Å².